The molecular weight excluding hydrogens is 382 g/mol. The van der Waals surface area contributed by atoms with Crippen LogP contribution in [-0.4, -0.2) is 33.0 Å². The topological polar surface area (TPSA) is 55.8 Å². The molecule has 0 radical (unpaired) electrons. The summed E-state index contributed by atoms with van der Waals surface area (Å²) in [7, 11) is -2.01. The van der Waals surface area contributed by atoms with Crippen LogP contribution >= 0.6 is 15.9 Å². The molecule has 3 rings (SSSR count). The van der Waals surface area contributed by atoms with E-state index in [4.69, 9.17) is 9.47 Å². The van der Waals surface area contributed by atoms with Gasteiger partial charge in [-0.15, -0.1) is 0 Å². The lowest BCUT2D eigenvalue weighted by atomic mass is 10.2. The largest absolute Gasteiger partial charge is 0.486 e. The van der Waals surface area contributed by atoms with Gasteiger partial charge in [0.1, 0.15) is 13.2 Å². The van der Waals surface area contributed by atoms with E-state index in [0.717, 1.165) is 5.56 Å². The van der Waals surface area contributed by atoms with Crippen molar-refractivity contribution in [1.29, 1.82) is 0 Å². The second-order valence-electron chi connectivity index (χ2n) is 5.17. The van der Waals surface area contributed by atoms with Crippen molar-refractivity contribution >= 4 is 26.0 Å². The van der Waals surface area contributed by atoms with E-state index in [2.05, 4.69) is 15.9 Å². The summed E-state index contributed by atoms with van der Waals surface area (Å²) in [6.07, 6.45) is 0. The molecule has 0 aliphatic carbocycles. The van der Waals surface area contributed by atoms with Gasteiger partial charge in [0.15, 0.2) is 11.5 Å². The molecule has 1 heterocycles. The fourth-order valence-electron chi connectivity index (χ4n) is 2.35. The molecule has 2 aromatic carbocycles. The van der Waals surface area contributed by atoms with E-state index >= 15 is 0 Å². The third-order valence-electron chi connectivity index (χ3n) is 3.54. The maximum Gasteiger partial charge on any atom is 0.244 e. The van der Waals surface area contributed by atoms with Crippen LogP contribution in [0, 0.1) is 0 Å². The number of sulfonamides is 1. The molecule has 1 aliphatic heterocycles. The maximum atomic E-state index is 12.7. The number of hydrogen-bond donors (Lipinski definition) is 0. The van der Waals surface area contributed by atoms with Crippen LogP contribution in [0.3, 0.4) is 0 Å². The van der Waals surface area contributed by atoms with E-state index in [-0.39, 0.29) is 11.4 Å². The van der Waals surface area contributed by atoms with E-state index in [1.54, 1.807) is 31.3 Å². The van der Waals surface area contributed by atoms with Crippen molar-refractivity contribution in [3.63, 3.8) is 0 Å². The third-order valence-corrected chi connectivity index (χ3v) is 6.35. The average Bonchev–Trinajstić information content (AvgIpc) is 2.55. The molecule has 2 aromatic rings. The SMILES string of the molecule is CN(Cc1ccc2c(c1)OCCO2)S(=O)(=O)c1ccccc1Br. The highest BCUT2D eigenvalue weighted by molar-refractivity contribution is 9.10. The Balaban J connectivity index is 1.84. The summed E-state index contributed by atoms with van der Waals surface area (Å²) < 4.78 is 38.2. The van der Waals surface area contributed by atoms with Gasteiger partial charge in [0.2, 0.25) is 10.0 Å². The first-order valence-corrected chi connectivity index (χ1v) is 9.31. The molecule has 0 saturated heterocycles. The fourth-order valence-corrected chi connectivity index (χ4v) is 4.47. The summed E-state index contributed by atoms with van der Waals surface area (Å²) in [4.78, 5) is 0.250. The van der Waals surface area contributed by atoms with Gasteiger partial charge >= 0.3 is 0 Å². The molecular formula is C16H16BrNO4S. The Morgan fingerprint density at radius 2 is 1.78 bits per heavy atom. The Bertz CT molecular complexity index is 823. The number of rotatable bonds is 4. The summed E-state index contributed by atoms with van der Waals surface area (Å²) in [6, 6.07) is 12.3. The Kier molecular flexibility index (Phi) is 4.61. The average molecular weight is 398 g/mol. The first kappa shape index (κ1) is 16.3. The Labute approximate surface area is 144 Å². The summed E-state index contributed by atoms with van der Waals surface area (Å²) in [5.74, 6) is 1.34. The molecule has 0 fully saturated rings. The van der Waals surface area contributed by atoms with Gasteiger partial charge in [-0.25, -0.2) is 8.42 Å². The van der Waals surface area contributed by atoms with Gasteiger partial charge in [-0.2, -0.15) is 4.31 Å². The predicted octanol–water partition coefficient (Wildman–Crippen LogP) is 3.04. The third kappa shape index (κ3) is 3.36. The summed E-state index contributed by atoms with van der Waals surface area (Å²) in [5.41, 5.74) is 0.840. The number of hydrogen-bond acceptors (Lipinski definition) is 4. The quantitative estimate of drug-likeness (QED) is 0.795. The van der Waals surface area contributed by atoms with E-state index in [9.17, 15) is 8.42 Å². The van der Waals surface area contributed by atoms with Crippen LogP contribution in [0.2, 0.25) is 0 Å². The van der Waals surface area contributed by atoms with Crippen molar-refractivity contribution in [3.05, 3.63) is 52.5 Å². The minimum absolute atomic E-state index is 0.250. The van der Waals surface area contributed by atoms with Crippen molar-refractivity contribution in [2.24, 2.45) is 0 Å². The van der Waals surface area contributed by atoms with Gasteiger partial charge < -0.3 is 9.47 Å². The highest BCUT2D eigenvalue weighted by Crippen LogP contribution is 2.32. The lowest BCUT2D eigenvalue weighted by molar-refractivity contribution is 0.171. The first-order chi connectivity index (χ1) is 11.0. The van der Waals surface area contributed by atoms with E-state index in [1.165, 1.54) is 4.31 Å². The molecule has 0 unspecified atom stereocenters. The number of nitrogens with zero attached hydrogens (tertiary/aromatic N) is 1. The zero-order valence-electron chi connectivity index (χ0n) is 12.5. The van der Waals surface area contributed by atoms with Gasteiger partial charge in [-0.1, -0.05) is 18.2 Å². The second kappa shape index (κ2) is 6.51. The van der Waals surface area contributed by atoms with Crippen molar-refractivity contribution in [2.75, 3.05) is 20.3 Å². The fraction of sp³-hybridized carbons (Fsp3) is 0.250. The van der Waals surface area contributed by atoms with Crippen molar-refractivity contribution in [2.45, 2.75) is 11.4 Å². The van der Waals surface area contributed by atoms with Crippen molar-refractivity contribution < 1.29 is 17.9 Å². The van der Waals surface area contributed by atoms with Crippen LogP contribution in [0.4, 0.5) is 0 Å². The van der Waals surface area contributed by atoms with Crippen LogP contribution in [0.1, 0.15) is 5.56 Å². The maximum absolute atomic E-state index is 12.7. The highest BCUT2D eigenvalue weighted by atomic mass is 79.9. The minimum atomic E-state index is -3.57. The van der Waals surface area contributed by atoms with E-state index in [0.29, 0.717) is 29.2 Å². The molecule has 0 aromatic heterocycles. The molecule has 7 heteroatoms. The minimum Gasteiger partial charge on any atom is -0.486 e. The molecule has 23 heavy (non-hydrogen) atoms. The lowest BCUT2D eigenvalue weighted by Gasteiger charge is -2.21. The zero-order chi connectivity index (χ0) is 16.4. The second-order valence-corrected chi connectivity index (χ2v) is 8.04. The van der Waals surface area contributed by atoms with Crippen molar-refractivity contribution in [1.82, 2.24) is 4.31 Å². The van der Waals surface area contributed by atoms with Gasteiger partial charge in [-0.3, -0.25) is 0 Å². The molecule has 122 valence electrons. The van der Waals surface area contributed by atoms with Crippen LogP contribution in [0.5, 0.6) is 11.5 Å². The molecule has 0 saturated carbocycles. The Hall–Kier alpha value is -1.57. The summed E-state index contributed by atoms with van der Waals surface area (Å²) >= 11 is 3.29. The van der Waals surface area contributed by atoms with Gasteiger partial charge in [-0.05, 0) is 45.8 Å². The van der Waals surface area contributed by atoms with Gasteiger partial charge in [0.05, 0.1) is 4.90 Å². The molecule has 0 N–H and O–H groups in total. The Morgan fingerprint density at radius 1 is 1.09 bits per heavy atom. The molecule has 0 bridgehead atoms. The molecule has 1 aliphatic rings. The van der Waals surface area contributed by atoms with Crippen LogP contribution in [0.15, 0.2) is 51.8 Å². The number of fused-ring (bicyclic) bond motifs is 1. The van der Waals surface area contributed by atoms with E-state index < -0.39 is 10.0 Å². The summed E-state index contributed by atoms with van der Waals surface area (Å²) in [5, 5.41) is 0. The first-order valence-electron chi connectivity index (χ1n) is 7.08. The lowest BCUT2D eigenvalue weighted by Crippen LogP contribution is -2.27. The molecule has 0 atom stereocenters. The normalized spacial score (nSPS) is 14.0. The Morgan fingerprint density at radius 3 is 2.52 bits per heavy atom. The van der Waals surface area contributed by atoms with Gasteiger partial charge in [0, 0.05) is 18.1 Å². The predicted molar refractivity (Wildman–Crippen MR) is 90.2 cm³/mol. The van der Waals surface area contributed by atoms with Crippen LogP contribution in [-0.2, 0) is 16.6 Å². The van der Waals surface area contributed by atoms with Crippen LogP contribution in [0.25, 0.3) is 0 Å². The van der Waals surface area contributed by atoms with Crippen molar-refractivity contribution in [3.8, 4) is 11.5 Å². The molecule has 0 amide bonds. The van der Waals surface area contributed by atoms with Gasteiger partial charge in [0.25, 0.3) is 0 Å². The molecule has 0 spiro atoms. The number of benzene rings is 2. The number of ether oxygens (including phenoxy) is 2. The highest BCUT2D eigenvalue weighted by Gasteiger charge is 2.23. The van der Waals surface area contributed by atoms with Crippen LogP contribution < -0.4 is 9.47 Å². The monoisotopic (exact) mass is 397 g/mol. The molecule has 5 nitrogen and oxygen atoms in total. The smallest absolute Gasteiger partial charge is 0.244 e. The zero-order valence-corrected chi connectivity index (χ0v) is 14.9. The standard InChI is InChI=1S/C16H16BrNO4S/c1-18(23(19,20)16-5-3-2-4-13(16)17)11-12-6-7-14-15(10-12)22-9-8-21-14/h2-7,10H,8-9,11H2,1H3. The summed E-state index contributed by atoms with van der Waals surface area (Å²) in [6.45, 7) is 1.28. The van der Waals surface area contributed by atoms with E-state index in [1.807, 2.05) is 18.2 Å². The number of halogens is 1.